The van der Waals surface area contributed by atoms with Gasteiger partial charge in [0, 0.05) is 0 Å². The standard InChI is InChI=1S/C6H7N3O/c1-3-6(2,10)5-4-7-9-8-5/h1,4,10H,2H3,(H,7,8,9). The summed E-state index contributed by atoms with van der Waals surface area (Å²) in [6.07, 6.45) is 6.40. The van der Waals surface area contributed by atoms with Crippen LogP contribution in [0, 0.1) is 12.3 Å². The van der Waals surface area contributed by atoms with Crippen molar-refractivity contribution in [2.45, 2.75) is 12.5 Å². The molecule has 1 heterocycles. The monoisotopic (exact) mass is 137 g/mol. The molecule has 1 aromatic rings. The van der Waals surface area contributed by atoms with Crippen LogP contribution in [0.15, 0.2) is 6.20 Å². The van der Waals surface area contributed by atoms with Gasteiger partial charge in [0.25, 0.3) is 0 Å². The van der Waals surface area contributed by atoms with Gasteiger partial charge in [0.05, 0.1) is 6.20 Å². The van der Waals surface area contributed by atoms with E-state index in [0.717, 1.165) is 0 Å². The first-order valence-corrected chi connectivity index (χ1v) is 2.73. The van der Waals surface area contributed by atoms with Crippen molar-refractivity contribution in [2.24, 2.45) is 0 Å². The van der Waals surface area contributed by atoms with Gasteiger partial charge in [-0.05, 0) is 6.92 Å². The predicted octanol–water partition coefficient (Wildman–Crippen LogP) is -0.355. The zero-order valence-electron chi connectivity index (χ0n) is 5.50. The molecule has 4 heteroatoms. The van der Waals surface area contributed by atoms with Gasteiger partial charge in [0.1, 0.15) is 5.69 Å². The largest absolute Gasteiger partial charge is 0.372 e. The molecule has 1 aromatic heterocycles. The van der Waals surface area contributed by atoms with Crippen molar-refractivity contribution in [2.75, 3.05) is 0 Å². The molecular formula is C6H7N3O. The summed E-state index contributed by atoms with van der Waals surface area (Å²) in [4.78, 5) is 0. The number of terminal acetylenes is 1. The quantitative estimate of drug-likeness (QED) is 0.520. The van der Waals surface area contributed by atoms with Crippen LogP contribution in [0.3, 0.4) is 0 Å². The summed E-state index contributed by atoms with van der Waals surface area (Å²) < 4.78 is 0. The van der Waals surface area contributed by atoms with Crippen LogP contribution in [-0.2, 0) is 5.60 Å². The highest BCUT2D eigenvalue weighted by atomic mass is 16.3. The SMILES string of the molecule is C#CC(C)(O)c1cn[nH]n1. The third kappa shape index (κ3) is 0.993. The van der Waals surface area contributed by atoms with Crippen LogP contribution in [-0.4, -0.2) is 20.5 Å². The molecule has 1 atom stereocenters. The molecular weight excluding hydrogens is 130 g/mol. The van der Waals surface area contributed by atoms with E-state index in [1.807, 2.05) is 0 Å². The first kappa shape index (κ1) is 6.78. The number of nitrogens with zero attached hydrogens (tertiary/aromatic N) is 2. The highest BCUT2D eigenvalue weighted by Crippen LogP contribution is 2.13. The van der Waals surface area contributed by atoms with Crippen molar-refractivity contribution < 1.29 is 5.11 Å². The van der Waals surface area contributed by atoms with Gasteiger partial charge < -0.3 is 5.11 Å². The van der Waals surface area contributed by atoms with Crippen molar-refractivity contribution in [1.29, 1.82) is 0 Å². The van der Waals surface area contributed by atoms with E-state index in [1.54, 1.807) is 0 Å². The number of aliphatic hydroxyl groups is 1. The zero-order chi connectivity index (χ0) is 7.61. The van der Waals surface area contributed by atoms with Gasteiger partial charge in [-0.25, -0.2) is 0 Å². The van der Waals surface area contributed by atoms with Crippen LogP contribution in [0.25, 0.3) is 0 Å². The molecule has 10 heavy (non-hydrogen) atoms. The summed E-state index contributed by atoms with van der Waals surface area (Å²) in [6.45, 7) is 1.48. The van der Waals surface area contributed by atoms with Crippen LogP contribution >= 0.6 is 0 Å². The lowest BCUT2D eigenvalue weighted by Crippen LogP contribution is -2.18. The number of hydrogen-bond acceptors (Lipinski definition) is 3. The Hall–Kier alpha value is -1.34. The molecule has 0 amide bonds. The van der Waals surface area contributed by atoms with E-state index in [0.29, 0.717) is 5.69 Å². The van der Waals surface area contributed by atoms with Crippen molar-refractivity contribution in [3.8, 4) is 12.3 Å². The van der Waals surface area contributed by atoms with E-state index in [1.165, 1.54) is 13.1 Å². The lowest BCUT2D eigenvalue weighted by Gasteiger charge is -2.10. The first-order chi connectivity index (χ1) is 4.67. The summed E-state index contributed by atoms with van der Waals surface area (Å²) in [5.41, 5.74) is -0.956. The van der Waals surface area contributed by atoms with E-state index in [9.17, 15) is 5.11 Å². The summed E-state index contributed by atoms with van der Waals surface area (Å²) in [7, 11) is 0. The molecule has 0 saturated carbocycles. The second-order valence-corrected chi connectivity index (χ2v) is 2.07. The van der Waals surface area contributed by atoms with Gasteiger partial charge in [0.2, 0.25) is 0 Å². The fourth-order valence-electron chi connectivity index (χ4n) is 0.510. The van der Waals surface area contributed by atoms with Crippen molar-refractivity contribution in [3.05, 3.63) is 11.9 Å². The minimum atomic E-state index is -1.31. The third-order valence-electron chi connectivity index (χ3n) is 1.19. The Labute approximate surface area is 58.3 Å². The molecule has 0 spiro atoms. The molecule has 0 aliphatic carbocycles. The minimum Gasteiger partial charge on any atom is -0.372 e. The van der Waals surface area contributed by atoms with Crippen LogP contribution in [0.5, 0.6) is 0 Å². The number of hydrogen-bond donors (Lipinski definition) is 2. The number of aromatic nitrogens is 3. The summed E-state index contributed by atoms with van der Waals surface area (Å²) >= 11 is 0. The van der Waals surface area contributed by atoms with Crippen LogP contribution in [0.4, 0.5) is 0 Å². The molecule has 0 bridgehead atoms. The molecule has 52 valence electrons. The maximum absolute atomic E-state index is 9.32. The van der Waals surface area contributed by atoms with Gasteiger partial charge in [-0.2, -0.15) is 15.4 Å². The zero-order valence-corrected chi connectivity index (χ0v) is 5.50. The smallest absolute Gasteiger partial charge is 0.168 e. The first-order valence-electron chi connectivity index (χ1n) is 2.73. The Kier molecular flexibility index (Phi) is 1.44. The summed E-state index contributed by atoms with van der Waals surface area (Å²) in [5, 5.41) is 18.8. The summed E-state index contributed by atoms with van der Waals surface area (Å²) in [6, 6.07) is 0. The second-order valence-electron chi connectivity index (χ2n) is 2.07. The van der Waals surface area contributed by atoms with Crippen molar-refractivity contribution in [1.82, 2.24) is 15.4 Å². The predicted molar refractivity (Wildman–Crippen MR) is 34.8 cm³/mol. The molecule has 1 rings (SSSR count). The highest BCUT2D eigenvalue weighted by molar-refractivity contribution is 5.18. The Balaban J connectivity index is 2.99. The van der Waals surface area contributed by atoms with Gasteiger partial charge in [-0.3, -0.25) is 0 Å². The average molecular weight is 137 g/mol. The average Bonchev–Trinajstić information content (AvgIpc) is 2.38. The molecule has 0 aliphatic rings. The Morgan fingerprint density at radius 2 is 2.60 bits per heavy atom. The Morgan fingerprint density at radius 1 is 1.90 bits per heavy atom. The van der Waals surface area contributed by atoms with Crippen LogP contribution in [0.1, 0.15) is 12.6 Å². The number of H-pyrrole nitrogens is 1. The third-order valence-corrected chi connectivity index (χ3v) is 1.19. The number of nitrogens with one attached hydrogen (secondary N) is 1. The molecule has 0 radical (unpaired) electrons. The fourth-order valence-corrected chi connectivity index (χ4v) is 0.510. The van der Waals surface area contributed by atoms with Gasteiger partial charge in [-0.15, -0.1) is 6.42 Å². The minimum absolute atomic E-state index is 0.356. The van der Waals surface area contributed by atoms with E-state index < -0.39 is 5.60 Å². The van der Waals surface area contributed by atoms with Gasteiger partial charge >= 0.3 is 0 Å². The number of rotatable bonds is 1. The van der Waals surface area contributed by atoms with Crippen LogP contribution < -0.4 is 0 Å². The topological polar surface area (TPSA) is 61.8 Å². The Morgan fingerprint density at radius 3 is 3.00 bits per heavy atom. The van der Waals surface area contributed by atoms with E-state index in [2.05, 4.69) is 21.3 Å². The van der Waals surface area contributed by atoms with Crippen molar-refractivity contribution in [3.63, 3.8) is 0 Å². The van der Waals surface area contributed by atoms with E-state index in [4.69, 9.17) is 6.42 Å². The molecule has 4 nitrogen and oxygen atoms in total. The Bertz CT molecular complexity index is 244. The highest BCUT2D eigenvalue weighted by Gasteiger charge is 2.22. The lowest BCUT2D eigenvalue weighted by atomic mass is 10.1. The number of aromatic amines is 1. The maximum atomic E-state index is 9.32. The molecule has 0 fully saturated rings. The molecule has 2 N–H and O–H groups in total. The fraction of sp³-hybridized carbons (Fsp3) is 0.333. The molecule has 0 aliphatic heterocycles. The normalized spacial score (nSPS) is 15.7. The maximum Gasteiger partial charge on any atom is 0.168 e. The molecule has 0 aromatic carbocycles. The van der Waals surface area contributed by atoms with Crippen molar-refractivity contribution >= 4 is 0 Å². The van der Waals surface area contributed by atoms with Gasteiger partial charge in [0.15, 0.2) is 5.60 Å². The van der Waals surface area contributed by atoms with E-state index in [-0.39, 0.29) is 0 Å². The molecule has 1 unspecified atom stereocenters. The van der Waals surface area contributed by atoms with Gasteiger partial charge in [-0.1, -0.05) is 5.92 Å². The second kappa shape index (κ2) is 2.12. The lowest BCUT2D eigenvalue weighted by molar-refractivity contribution is 0.117. The van der Waals surface area contributed by atoms with E-state index >= 15 is 0 Å². The molecule has 0 saturated heterocycles. The summed E-state index contributed by atoms with van der Waals surface area (Å²) in [5.74, 6) is 2.18. The van der Waals surface area contributed by atoms with Crippen LogP contribution in [0.2, 0.25) is 0 Å².